The number of hydrogen-bond acceptors (Lipinski definition) is 3. The molecule has 0 fully saturated rings. The van der Waals surface area contributed by atoms with Crippen LogP contribution in [-0.2, 0) is 19.4 Å². The van der Waals surface area contributed by atoms with E-state index in [9.17, 15) is 4.79 Å². The molecule has 3 heterocycles. The molecule has 128 valence electrons. The van der Waals surface area contributed by atoms with Crippen molar-refractivity contribution in [3.8, 4) is 0 Å². The quantitative estimate of drug-likeness (QED) is 0.782. The minimum absolute atomic E-state index is 0.0363. The molecule has 0 aliphatic heterocycles. The normalized spacial score (nSPS) is 16.0. The van der Waals surface area contributed by atoms with Crippen molar-refractivity contribution in [1.29, 1.82) is 0 Å². The highest BCUT2D eigenvalue weighted by Crippen LogP contribution is 2.27. The van der Waals surface area contributed by atoms with E-state index < -0.39 is 0 Å². The second-order valence-electron chi connectivity index (χ2n) is 6.67. The lowest BCUT2D eigenvalue weighted by atomic mass is 10.1. The lowest BCUT2D eigenvalue weighted by Crippen LogP contribution is -2.35. The predicted molar refractivity (Wildman–Crippen MR) is 100 cm³/mol. The van der Waals surface area contributed by atoms with E-state index in [0.29, 0.717) is 0 Å². The van der Waals surface area contributed by atoms with Crippen LogP contribution in [0.15, 0.2) is 42.0 Å². The summed E-state index contributed by atoms with van der Waals surface area (Å²) in [6.45, 7) is 4.83. The van der Waals surface area contributed by atoms with Gasteiger partial charge in [0.1, 0.15) is 0 Å². The third-order valence-corrected chi connectivity index (χ3v) is 5.96. The van der Waals surface area contributed by atoms with Crippen LogP contribution in [0.4, 0.5) is 0 Å². The van der Waals surface area contributed by atoms with Crippen LogP contribution in [0.25, 0.3) is 0 Å². The summed E-state index contributed by atoms with van der Waals surface area (Å²) in [7, 11) is 0. The van der Waals surface area contributed by atoms with E-state index >= 15 is 0 Å². The zero-order valence-electron chi connectivity index (χ0n) is 14.5. The zero-order chi connectivity index (χ0) is 17.4. The van der Waals surface area contributed by atoms with Crippen molar-refractivity contribution in [1.82, 2.24) is 14.9 Å². The van der Waals surface area contributed by atoms with Gasteiger partial charge in [0.15, 0.2) is 0 Å². The molecule has 0 radical (unpaired) electrons. The smallest absolute Gasteiger partial charge is 0.253 e. The van der Waals surface area contributed by atoms with Gasteiger partial charge in [0, 0.05) is 47.7 Å². The van der Waals surface area contributed by atoms with Gasteiger partial charge < -0.3 is 9.88 Å². The Morgan fingerprint density at radius 2 is 2.08 bits per heavy atom. The van der Waals surface area contributed by atoms with Gasteiger partial charge >= 0.3 is 0 Å². The molecule has 0 saturated heterocycles. The number of thiophene rings is 1. The summed E-state index contributed by atoms with van der Waals surface area (Å²) in [5.41, 5.74) is 5.47. The Bertz CT molecular complexity index is 890. The van der Waals surface area contributed by atoms with E-state index in [2.05, 4.69) is 33.2 Å². The van der Waals surface area contributed by atoms with E-state index in [1.165, 1.54) is 16.0 Å². The van der Waals surface area contributed by atoms with Gasteiger partial charge in [-0.15, -0.1) is 11.3 Å². The number of aromatic nitrogens is 2. The number of hydrogen-bond donors (Lipinski definition) is 1. The summed E-state index contributed by atoms with van der Waals surface area (Å²) in [6.07, 6.45) is 5.50. The van der Waals surface area contributed by atoms with Crippen molar-refractivity contribution in [2.45, 2.75) is 39.3 Å². The van der Waals surface area contributed by atoms with Crippen LogP contribution < -0.4 is 5.32 Å². The van der Waals surface area contributed by atoms with Gasteiger partial charge in [0.25, 0.3) is 5.91 Å². The molecule has 0 aromatic carbocycles. The first-order chi connectivity index (χ1) is 12.1. The second kappa shape index (κ2) is 6.48. The lowest BCUT2D eigenvalue weighted by molar-refractivity contribution is 0.0938. The number of fused-ring (bicyclic) bond motifs is 1. The Balaban J connectivity index is 1.50. The number of carbonyl (C=O) groups is 1. The third kappa shape index (κ3) is 3.12. The average molecular weight is 351 g/mol. The summed E-state index contributed by atoms with van der Waals surface area (Å²) >= 11 is 1.79. The van der Waals surface area contributed by atoms with Crippen LogP contribution in [-0.4, -0.2) is 21.5 Å². The van der Waals surface area contributed by atoms with Crippen molar-refractivity contribution >= 4 is 17.2 Å². The van der Waals surface area contributed by atoms with Gasteiger partial charge in [-0.1, -0.05) is 0 Å². The molecule has 1 aliphatic rings. The maximum atomic E-state index is 12.8. The average Bonchev–Trinajstić information content (AvgIpc) is 3.25. The van der Waals surface area contributed by atoms with E-state index in [1.807, 2.05) is 25.1 Å². The Kier molecular flexibility index (Phi) is 4.17. The zero-order valence-corrected chi connectivity index (χ0v) is 15.3. The monoisotopic (exact) mass is 351 g/mol. The molecule has 5 heteroatoms. The third-order valence-electron chi connectivity index (χ3n) is 4.98. The molecule has 25 heavy (non-hydrogen) atoms. The summed E-state index contributed by atoms with van der Waals surface area (Å²) in [5, 5.41) is 5.35. The molecule has 3 aromatic heterocycles. The van der Waals surface area contributed by atoms with Gasteiger partial charge in [0.2, 0.25) is 0 Å². The van der Waals surface area contributed by atoms with Gasteiger partial charge in [-0.2, -0.15) is 0 Å². The molecule has 1 atom stereocenters. The Labute approximate surface area is 151 Å². The van der Waals surface area contributed by atoms with Crippen LogP contribution in [0.1, 0.15) is 37.7 Å². The number of pyridine rings is 1. The van der Waals surface area contributed by atoms with E-state index in [0.717, 1.165) is 36.3 Å². The number of nitrogens with one attached hydrogen (secondary N) is 1. The van der Waals surface area contributed by atoms with Crippen molar-refractivity contribution in [2.24, 2.45) is 0 Å². The van der Waals surface area contributed by atoms with Crippen molar-refractivity contribution in [3.63, 3.8) is 0 Å². The minimum atomic E-state index is 0.0363. The Morgan fingerprint density at radius 3 is 2.84 bits per heavy atom. The van der Waals surface area contributed by atoms with Gasteiger partial charge in [-0.3, -0.25) is 9.78 Å². The van der Waals surface area contributed by atoms with E-state index in [4.69, 9.17) is 0 Å². The Morgan fingerprint density at radius 1 is 1.28 bits per heavy atom. The van der Waals surface area contributed by atoms with Crippen molar-refractivity contribution < 1.29 is 4.79 Å². The predicted octanol–water partition coefficient (Wildman–Crippen LogP) is 3.51. The molecule has 0 bridgehead atoms. The van der Waals surface area contributed by atoms with Crippen LogP contribution >= 0.6 is 11.3 Å². The molecule has 1 unspecified atom stereocenters. The van der Waals surface area contributed by atoms with Crippen LogP contribution in [0.3, 0.4) is 0 Å². The number of carbonyl (C=O) groups excluding carboxylic acids is 1. The van der Waals surface area contributed by atoms with E-state index in [-0.39, 0.29) is 11.9 Å². The topological polar surface area (TPSA) is 46.9 Å². The second-order valence-corrected chi connectivity index (χ2v) is 7.67. The molecule has 1 N–H and O–H groups in total. The molecule has 4 nitrogen and oxygen atoms in total. The molecule has 4 rings (SSSR count). The molecule has 3 aromatic rings. The number of rotatable bonds is 4. The first kappa shape index (κ1) is 16.1. The maximum absolute atomic E-state index is 12.8. The summed E-state index contributed by atoms with van der Waals surface area (Å²) in [4.78, 5) is 18.3. The van der Waals surface area contributed by atoms with Crippen LogP contribution in [0.2, 0.25) is 0 Å². The fourth-order valence-electron chi connectivity index (χ4n) is 3.60. The highest BCUT2D eigenvalue weighted by molar-refractivity contribution is 7.10. The largest absolute Gasteiger partial charge is 0.349 e. The summed E-state index contributed by atoms with van der Waals surface area (Å²) < 4.78 is 2.19. The first-order valence-electron chi connectivity index (χ1n) is 8.53. The van der Waals surface area contributed by atoms with Gasteiger partial charge in [-0.05, 0) is 61.0 Å². The highest BCUT2D eigenvalue weighted by atomic mass is 32.1. The van der Waals surface area contributed by atoms with Crippen LogP contribution in [0.5, 0.6) is 0 Å². The summed E-state index contributed by atoms with van der Waals surface area (Å²) in [6, 6.07) is 8.41. The lowest BCUT2D eigenvalue weighted by Gasteiger charge is -2.13. The highest BCUT2D eigenvalue weighted by Gasteiger charge is 2.25. The number of aryl methyl sites for hydroxylation is 1. The van der Waals surface area contributed by atoms with Gasteiger partial charge in [-0.25, -0.2) is 0 Å². The fraction of sp³-hybridized carbons (Fsp3) is 0.300. The fourth-order valence-corrected chi connectivity index (χ4v) is 4.60. The maximum Gasteiger partial charge on any atom is 0.253 e. The molecule has 0 saturated carbocycles. The molecule has 0 spiro atoms. The SMILES string of the molecule is Cc1cc(C(=O)NC2Cc3ccsc3C2)c(C)n1Cc1ccncc1. The van der Waals surface area contributed by atoms with Crippen molar-refractivity contribution in [3.05, 3.63) is 75.0 Å². The molecule has 1 amide bonds. The number of nitrogens with zero attached hydrogens (tertiary/aromatic N) is 2. The standard InChI is InChI=1S/C20H21N3OS/c1-13-9-18(14(2)23(13)12-15-3-6-21-7-4-15)20(24)22-17-10-16-5-8-25-19(16)11-17/h3-9,17H,10-12H2,1-2H3,(H,22,24). The Hall–Kier alpha value is -2.40. The van der Waals surface area contributed by atoms with E-state index in [1.54, 1.807) is 23.7 Å². The summed E-state index contributed by atoms with van der Waals surface area (Å²) in [5.74, 6) is 0.0363. The molecular weight excluding hydrogens is 330 g/mol. The van der Waals surface area contributed by atoms with Crippen molar-refractivity contribution in [2.75, 3.05) is 0 Å². The molecular formula is C20H21N3OS. The number of amides is 1. The molecule has 1 aliphatic carbocycles. The van der Waals surface area contributed by atoms with Gasteiger partial charge in [0.05, 0.1) is 5.56 Å². The minimum Gasteiger partial charge on any atom is -0.349 e. The van der Waals surface area contributed by atoms with Crippen LogP contribution in [0, 0.1) is 13.8 Å². The first-order valence-corrected chi connectivity index (χ1v) is 9.41.